The minimum absolute atomic E-state index is 0.0240. The molecule has 4 heteroatoms. The number of carbonyl (C=O) groups is 1. The Morgan fingerprint density at radius 2 is 1.88 bits per heavy atom. The van der Waals surface area contributed by atoms with Crippen molar-refractivity contribution in [3.05, 3.63) is 35.4 Å². The average Bonchev–Trinajstić information content (AvgIpc) is 2.20. The molecule has 0 unspecified atom stereocenters. The van der Waals surface area contributed by atoms with E-state index in [1.165, 1.54) is 6.07 Å². The SMILES string of the molecule is CC(C)(C)SCC(=O)Cc1ccc(F)c(F)c1. The van der Waals surface area contributed by atoms with E-state index in [2.05, 4.69) is 0 Å². The number of Topliss-reactive ketones (excluding diaryl/α,β-unsaturated/α-hetero) is 1. The lowest BCUT2D eigenvalue weighted by Crippen LogP contribution is -2.14. The van der Waals surface area contributed by atoms with Crippen LogP contribution < -0.4 is 0 Å². The molecule has 0 N–H and O–H groups in total. The van der Waals surface area contributed by atoms with Crippen LogP contribution in [-0.4, -0.2) is 16.3 Å². The van der Waals surface area contributed by atoms with Gasteiger partial charge in [0.2, 0.25) is 0 Å². The molecule has 0 fully saturated rings. The van der Waals surface area contributed by atoms with E-state index in [-0.39, 0.29) is 17.0 Å². The van der Waals surface area contributed by atoms with E-state index >= 15 is 0 Å². The maximum absolute atomic E-state index is 12.9. The third-order valence-electron chi connectivity index (χ3n) is 2.05. The number of rotatable bonds is 4. The molecule has 94 valence electrons. The third kappa shape index (κ3) is 5.31. The molecule has 0 atom stereocenters. The summed E-state index contributed by atoms with van der Waals surface area (Å²) in [7, 11) is 0. The van der Waals surface area contributed by atoms with E-state index < -0.39 is 11.6 Å². The number of thioether (sulfide) groups is 1. The summed E-state index contributed by atoms with van der Waals surface area (Å²) in [6, 6.07) is 3.57. The molecule has 1 nitrogen and oxygen atoms in total. The van der Waals surface area contributed by atoms with Gasteiger partial charge in [0.25, 0.3) is 0 Å². The summed E-state index contributed by atoms with van der Waals surface area (Å²) < 4.78 is 25.6. The van der Waals surface area contributed by atoms with Gasteiger partial charge in [-0.25, -0.2) is 8.78 Å². The van der Waals surface area contributed by atoms with Gasteiger partial charge < -0.3 is 0 Å². The van der Waals surface area contributed by atoms with Gasteiger partial charge in [-0.05, 0) is 17.7 Å². The predicted molar refractivity (Wildman–Crippen MR) is 67.3 cm³/mol. The van der Waals surface area contributed by atoms with Crippen molar-refractivity contribution in [2.45, 2.75) is 31.9 Å². The largest absolute Gasteiger partial charge is 0.298 e. The zero-order valence-electron chi connectivity index (χ0n) is 10.2. The maximum Gasteiger partial charge on any atom is 0.159 e. The zero-order valence-corrected chi connectivity index (χ0v) is 11.0. The summed E-state index contributed by atoms with van der Waals surface area (Å²) >= 11 is 1.55. The molecule has 1 rings (SSSR count). The van der Waals surface area contributed by atoms with Crippen LogP contribution in [0, 0.1) is 11.6 Å². The Morgan fingerprint density at radius 3 is 2.41 bits per heavy atom. The quantitative estimate of drug-likeness (QED) is 0.820. The van der Waals surface area contributed by atoms with E-state index in [1.54, 1.807) is 11.8 Å². The molecule has 0 aromatic heterocycles. The van der Waals surface area contributed by atoms with Crippen LogP contribution in [0.15, 0.2) is 18.2 Å². The first-order valence-electron chi connectivity index (χ1n) is 5.37. The lowest BCUT2D eigenvalue weighted by Gasteiger charge is -2.16. The van der Waals surface area contributed by atoms with Crippen LogP contribution in [0.4, 0.5) is 8.78 Å². The topological polar surface area (TPSA) is 17.1 Å². The third-order valence-corrected chi connectivity index (χ3v) is 3.38. The Hall–Kier alpha value is -0.900. The molecule has 0 spiro atoms. The Balaban J connectivity index is 2.54. The van der Waals surface area contributed by atoms with E-state index in [1.807, 2.05) is 20.8 Å². The van der Waals surface area contributed by atoms with Crippen LogP contribution in [-0.2, 0) is 11.2 Å². The summed E-state index contributed by atoms with van der Waals surface area (Å²) in [6.45, 7) is 6.09. The van der Waals surface area contributed by atoms with Crippen LogP contribution in [0.3, 0.4) is 0 Å². The highest BCUT2D eigenvalue weighted by molar-refractivity contribution is 8.01. The normalized spacial score (nSPS) is 11.6. The van der Waals surface area contributed by atoms with Gasteiger partial charge >= 0.3 is 0 Å². The Bertz CT molecular complexity index is 410. The number of halogens is 2. The van der Waals surface area contributed by atoms with Crippen LogP contribution in [0.5, 0.6) is 0 Å². The minimum Gasteiger partial charge on any atom is -0.298 e. The summed E-state index contributed by atoms with van der Waals surface area (Å²) in [5.74, 6) is -1.37. The van der Waals surface area contributed by atoms with Crippen molar-refractivity contribution in [2.24, 2.45) is 0 Å². The lowest BCUT2D eigenvalue weighted by molar-refractivity contribution is -0.116. The van der Waals surface area contributed by atoms with Crippen molar-refractivity contribution in [3.63, 3.8) is 0 Å². The summed E-state index contributed by atoms with van der Waals surface area (Å²) in [6.07, 6.45) is 0.153. The van der Waals surface area contributed by atoms with Gasteiger partial charge in [-0.1, -0.05) is 26.8 Å². The van der Waals surface area contributed by atoms with Crippen molar-refractivity contribution < 1.29 is 13.6 Å². The second-order valence-electron chi connectivity index (χ2n) is 4.86. The fourth-order valence-electron chi connectivity index (χ4n) is 1.23. The molecule has 17 heavy (non-hydrogen) atoms. The smallest absolute Gasteiger partial charge is 0.159 e. The highest BCUT2D eigenvalue weighted by atomic mass is 32.2. The molecule has 0 bridgehead atoms. The van der Waals surface area contributed by atoms with Gasteiger partial charge in [0.1, 0.15) is 5.78 Å². The molecule has 0 aliphatic carbocycles. The van der Waals surface area contributed by atoms with Gasteiger partial charge in [-0.2, -0.15) is 0 Å². The molecular weight excluding hydrogens is 242 g/mol. The highest BCUT2D eigenvalue weighted by Gasteiger charge is 2.14. The molecule has 0 amide bonds. The monoisotopic (exact) mass is 258 g/mol. The van der Waals surface area contributed by atoms with Gasteiger partial charge in [0.15, 0.2) is 11.6 Å². The predicted octanol–water partition coefficient (Wildman–Crippen LogP) is 3.61. The van der Waals surface area contributed by atoms with Gasteiger partial charge in [-0.3, -0.25) is 4.79 Å². The van der Waals surface area contributed by atoms with Gasteiger partial charge in [0, 0.05) is 11.2 Å². The number of ketones is 1. The fraction of sp³-hybridized carbons (Fsp3) is 0.462. The number of hydrogen-bond acceptors (Lipinski definition) is 2. The van der Waals surface area contributed by atoms with Crippen molar-refractivity contribution in [1.82, 2.24) is 0 Å². The molecule has 0 radical (unpaired) electrons. The average molecular weight is 258 g/mol. The summed E-state index contributed by atoms with van der Waals surface area (Å²) in [5.41, 5.74) is 0.517. The second kappa shape index (κ2) is 5.63. The molecule has 1 aromatic rings. The Morgan fingerprint density at radius 1 is 1.24 bits per heavy atom. The van der Waals surface area contributed by atoms with Crippen LogP contribution in [0.2, 0.25) is 0 Å². The molecule has 0 saturated heterocycles. The zero-order chi connectivity index (χ0) is 13.1. The summed E-state index contributed by atoms with van der Waals surface area (Å²) in [5, 5.41) is 0. The number of benzene rings is 1. The standard InChI is InChI=1S/C13H16F2OS/c1-13(2,3)17-8-10(16)6-9-4-5-11(14)12(15)7-9/h4-5,7H,6,8H2,1-3H3. The first kappa shape index (κ1) is 14.2. The van der Waals surface area contributed by atoms with Crippen molar-refractivity contribution in [3.8, 4) is 0 Å². The molecule has 0 aliphatic heterocycles. The second-order valence-corrected chi connectivity index (χ2v) is 6.67. The molecule has 1 aromatic carbocycles. The first-order chi connectivity index (χ1) is 7.78. The molecule has 0 aliphatic rings. The number of hydrogen-bond donors (Lipinski definition) is 0. The Kier molecular flexibility index (Phi) is 4.69. The van der Waals surface area contributed by atoms with Gasteiger partial charge in [-0.15, -0.1) is 11.8 Å². The minimum atomic E-state index is -0.904. The fourth-order valence-corrected chi connectivity index (χ4v) is 1.92. The summed E-state index contributed by atoms with van der Waals surface area (Å²) in [4.78, 5) is 11.6. The van der Waals surface area contributed by atoms with E-state index in [4.69, 9.17) is 0 Å². The lowest BCUT2D eigenvalue weighted by atomic mass is 10.1. The van der Waals surface area contributed by atoms with Crippen LogP contribution in [0.25, 0.3) is 0 Å². The van der Waals surface area contributed by atoms with Crippen molar-refractivity contribution in [1.29, 1.82) is 0 Å². The van der Waals surface area contributed by atoms with Crippen LogP contribution >= 0.6 is 11.8 Å². The Labute approximate surface area is 105 Å². The maximum atomic E-state index is 12.9. The van der Waals surface area contributed by atoms with Crippen LogP contribution in [0.1, 0.15) is 26.3 Å². The molecule has 0 saturated carbocycles. The molecule has 0 heterocycles. The molecular formula is C13H16F2OS. The van der Waals surface area contributed by atoms with Crippen molar-refractivity contribution in [2.75, 3.05) is 5.75 Å². The van der Waals surface area contributed by atoms with E-state index in [0.717, 1.165) is 12.1 Å². The first-order valence-corrected chi connectivity index (χ1v) is 6.36. The van der Waals surface area contributed by atoms with E-state index in [9.17, 15) is 13.6 Å². The number of carbonyl (C=O) groups excluding carboxylic acids is 1. The van der Waals surface area contributed by atoms with Crippen molar-refractivity contribution >= 4 is 17.5 Å². The van der Waals surface area contributed by atoms with Gasteiger partial charge in [0.05, 0.1) is 5.75 Å². The highest BCUT2D eigenvalue weighted by Crippen LogP contribution is 2.23. The van der Waals surface area contributed by atoms with E-state index in [0.29, 0.717) is 11.3 Å².